The second-order valence-corrected chi connectivity index (χ2v) is 8.30. The van der Waals surface area contributed by atoms with Crippen LogP contribution >= 0.6 is 23.2 Å². The molecule has 0 aliphatic carbocycles. The second-order valence-electron chi connectivity index (χ2n) is 5.37. The molecule has 2 aromatic carbocycles. The molecule has 24 heavy (non-hydrogen) atoms. The molecule has 2 rings (SSSR count). The maximum Gasteiger partial charge on any atom is 0.255 e. The molecule has 2 aromatic rings. The van der Waals surface area contributed by atoms with Gasteiger partial charge in [-0.25, -0.2) is 12.7 Å². The number of anilines is 1. The van der Waals surface area contributed by atoms with Crippen molar-refractivity contribution in [2.45, 2.75) is 11.8 Å². The molecule has 128 valence electrons. The summed E-state index contributed by atoms with van der Waals surface area (Å²) in [5.41, 5.74) is 1.57. The highest BCUT2D eigenvalue weighted by Gasteiger charge is 2.22. The Hall–Kier alpha value is -1.60. The fraction of sp³-hybridized carbons (Fsp3) is 0.188. The Morgan fingerprint density at radius 3 is 2.29 bits per heavy atom. The number of rotatable bonds is 4. The zero-order valence-corrected chi connectivity index (χ0v) is 15.6. The zero-order chi connectivity index (χ0) is 18.1. The summed E-state index contributed by atoms with van der Waals surface area (Å²) >= 11 is 12.1. The van der Waals surface area contributed by atoms with Crippen molar-refractivity contribution in [3.63, 3.8) is 0 Å². The van der Waals surface area contributed by atoms with Crippen LogP contribution in [0.1, 0.15) is 15.9 Å². The van der Waals surface area contributed by atoms with E-state index in [0.717, 1.165) is 9.87 Å². The van der Waals surface area contributed by atoms with E-state index in [1.807, 2.05) is 13.0 Å². The van der Waals surface area contributed by atoms with Crippen LogP contribution in [0.15, 0.2) is 41.3 Å². The van der Waals surface area contributed by atoms with Crippen molar-refractivity contribution < 1.29 is 13.2 Å². The predicted octanol–water partition coefficient (Wildman–Crippen LogP) is 3.80. The Kier molecular flexibility index (Phi) is 5.55. The van der Waals surface area contributed by atoms with Crippen LogP contribution in [0.4, 0.5) is 5.69 Å². The summed E-state index contributed by atoms with van der Waals surface area (Å²) < 4.78 is 25.6. The summed E-state index contributed by atoms with van der Waals surface area (Å²) in [6, 6.07) is 9.29. The Labute approximate surface area is 151 Å². The number of sulfonamides is 1. The minimum atomic E-state index is -3.75. The van der Waals surface area contributed by atoms with Crippen LogP contribution in [0.5, 0.6) is 0 Å². The van der Waals surface area contributed by atoms with Gasteiger partial charge in [0.15, 0.2) is 0 Å². The lowest BCUT2D eigenvalue weighted by Crippen LogP contribution is -2.23. The number of halogens is 2. The summed E-state index contributed by atoms with van der Waals surface area (Å²) in [4.78, 5) is 12.3. The molecule has 0 aliphatic heterocycles. The van der Waals surface area contributed by atoms with Crippen molar-refractivity contribution in [1.29, 1.82) is 0 Å². The molecule has 0 heterocycles. The van der Waals surface area contributed by atoms with Crippen LogP contribution in [0.2, 0.25) is 10.0 Å². The first-order chi connectivity index (χ1) is 11.1. The van der Waals surface area contributed by atoms with E-state index in [1.165, 1.54) is 32.3 Å². The molecule has 0 fully saturated rings. The zero-order valence-electron chi connectivity index (χ0n) is 13.3. The molecular weight excluding hydrogens is 371 g/mol. The molecular formula is C16H16Cl2N2O3S. The molecule has 0 saturated heterocycles. The summed E-state index contributed by atoms with van der Waals surface area (Å²) in [7, 11) is -0.968. The quantitative estimate of drug-likeness (QED) is 0.868. The molecule has 5 nitrogen and oxygen atoms in total. The fourth-order valence-corrected chi connectivity index (χ4v) is 3.63. The first kappa shape index (κ1) is 18.7. The Morgan fingerprint density at radius 2 is 1.71 bits per heavy atom. The van der Waals surface area contributed by atoms with Crippen LogP contribution in [-0.2, 0) is 10.0 Å². The van der Waals surface area contributed by atoms with Gasteiger partial charge in [-0.2, -0.15) is 0 Å². The second kappa shape index (κ2) is 7.11. The van der Waals surface area contributed by atoms with Crippen molar-refractivity contribution in [3.8, 4) is 0 Å². The van der Waals surface area contributed by atoms with Crippen molar-refractivity contribution in [2.24, 2.45) is 0 Å². The van der Waals surface area contributed by atoms with E-state index in [9.17, 15) is 13.2 Å². The number of hydrogen-bond acceptors (Lipinski definition) is 3. The summed E-state index contributed by atoms with van der Waals surface area (Å²) in [5, 5.41) is 3.11. The molecule has 0 unspecified atom stereocenters. The molecule has 0 atom stereocenters. The average Bonchev–Trinajstić information content (AvgIpc) is 2.50. The lowest BCUT2D eigenvalue weighted by Gasteiger charge is -2.14. The topological polar surface area (TPSA) is 66.5 Å². The van der Waals surface area contributed by atoms with Gasteiger partial charge in [0.25, 0.3) is 5.91 Å². The van der Waals surface area contributed by atoms with Crippen LogP contribution in [0.3, 0.4) is 0 Å². The highest BCUT2D eigenvalue weighted by Crippen LogP contribution is 2.27. The third-order valence-electron chi connectivity index (χ3n) is 3.32. The molecule has 0 spiro atoms. The highest BCUT2D eigenvalue weighted by atomic mass is 35.5. The minimum absolute atomic E-state index is 0.0496. The number of carbonyl (C=O) groups excluding carboxylic acids is 1. The van der Waals surface area contributed by atoms with Gasteiger partial charge in [0.05, 0.1) is 15.7 Å². The Morgan fingerprint density at radius 1 is 1.04 bits per heavy atom. The van der Waals surface area contributed by atoms with E-state index in [-0.39, 0.29) is 15.5 Å². The lowest BCUT2D eigenvalue weighted by molar-refractivity contribution is 0.102. The van der Waals surface area contributed by atoms with Gasteiger partial charge in [0.1, 0.15) is 4.90 Å². The van der Waals surface area contributed by atoms with E-state index >= 15 is 0 Å². The van der Waals surface area contributed by atoms with Gasteiger partial charge in [-0.05, 0) is 42.8 Å². The monoisotopic (exact) mass is 386 g/mol. The lowest BCUT2D eigenvalue weighted by atomic mass is 10.2. The molecule has 0 bridgehead atoms. The number of nitrogens with zero attached hydrogens (tertiary/aromatic N) is 1. The van der Waals surface area contributed by atoms with Gasteiger partial charge in [0, 0.05) is 19.7 Å². The fourth-order valence-electron chi connectivity index (χ4n) is 1.95. The van der Waals surface area contributed by atoms with Crippen molar-refractivity contribution >= 4 is 44.8 Å². The number of nitrogens with one attached hydrogen (secondary N) is 1. The van der Waals surface area contributed by atoms with Gasteiger partial charge in [-0.3, -0.25) is 4.79 Å². The van der Waals surface area contributed by atoms with E-state index in [0.29, 0.717) is 10.7 Å². The molecule has 1 amide bonds. The SMILES string of the molecule is Cc1ccc(NC(=O)c2ccc(Cl)c(S(=O)(=O)N(C)C)c2)c(Cl)c1. The highest BCUT2D eigenvalue weighted by molar-refractivity contribution is 7.89. The van der Waals surface area contributed by atoms with Gasteiger partial charge in [0.2, 0.25) is 10.0 Å². The number of carbonyl (C=O) groups is 1. The van der Waals surface area contributed by atoms with Crippen LogP contribution in [-0.4, -0.2) is 32.7 Å². The molecule has 0 radical (unpaired) electrons. The first-order valence-electron chi connectivity index (χ1n) is 6.92. The van der Waals surface area contributed by atoms with E-state index < -0.39 is 15.9 Å². The summed E-state index contributed by atoms with van der Waals surface area (Å²) in [5.74, 6) is -0.479. The molecule has 8 heteroatoms. The van der Waals surface area contributed by atoms with Gasteiger partial charge >= 0.3 is 0 Å². The van der Waals surface area contributed by atoms with E-state index in [2.05, 4.69) is 5.32 Å². The normalized spacial score (nSPS) is 11.6. The van der Waals surface area contributed by atoms with Crippen LogP contribution in [0.25, 0.3) is 0 Å². The van der Waals surface area contributed by atoms with E-state index in [1.54, 1.807) is 12.1 Å². The van der Waals surface area contributed by atoms with Gasteiger partial charge < -0.3 is 5.32 Å². The van der Waals surface area contributed by atoms with E-state index in [4.69, 9.17) is 23.2 Å². The van der Waals surface area contributed by atoms with Crippen molar-refractivity contribution in [3.05, 3.63) is 57.6 Å². The number of amides is 1. The van der Waals surface area contributed by atoms with Crippen LogP contribution in [0, 0.1) is 6.92 Å². The minimum Gasteiger partial charge on any atom is -0.321 e. The Bertz CT molecular complexity index is 896. The maximum absolute atomic E-state index is 12.4. The van der Waals surface area contributed by atoms with Gasteiger partial charge in [-0.15, -0.1) is 0 Å². The smallest absolute Gasteiger partial charge is 0.255 e. The molecule has 0 aliphatic rings. The molecule has 0 saturated carbocycles. The standard InChI is InChI=1S/C16H16Cl2N2O3S/c1-10-4-7-14(13(18)8-10)19-16(21)11-5-6-12(17)15(9-11)24(22,23)20(2)3/h4-9H,1-3H3,(H,19,21). The maximum atomic E-state index is 12.4. The van der Waals surface area contributed by atoms with Crippen molar-refractivity contribution in [2.75, 3.05) is 19.4 Å². The number of aryl methyl sites for hydroxylation is 1. The third-order valence-corrected chi connectivity index (χ3v) is 5.93. The Balaban J connectivity index is 2.37. The number of hydrogen-bond donors (Lipinski definition) is 1. The van der Waals surface area contributed by atoms with Crippen molar-refractivity contribution in [1.82, 2.24) is 4.31 Å². The largest absolute Gasteiger partial charge is 0.321 e. The number of benzene rings is 2. The molecule has 1 N–H and O–H groups in total. The summed E-state index contributed by atoms with van der Waals surface area (Å²) in [6.45, 7) is 1.88. The van der Waals surface area contributed by atoms with Gasteiger partial charge in [-0.1, -0.05) is 29.3 Å². The third kappa shape index (κ3) is 3.89. The first-order valence-corrected chi connectivity index (χ1v) is 9.12. The average molecular weight is 387 g/mol. The predicted molar refractivity (Wildman–Crippen MR) is 96.5 cm³/mol. The summed E-state index contributed by atoms with van der Waals surface area (Å²) in [6.07, 6.45) is 0. The molecule has 0 aromatic heterocycles. The van der Waals surface area contributed by atoms with Crippen LogP contribution < -0.4 is 5.32 Å².